The summed E-state index contributed by atoms with van der Waals surface area (Å²) in [6.07, 6.45) is 6.09. The van der Waals surface area contributed by atoms with Crippen molar-refractivity contribution in [2.45, 2.75) is 25.6 Å². The van der Waals surface area contributed by atoms with E-state index in [-0.39, 0.29) is 29.2 Å². The molecule has 0 amide bonds. The van der Waals surface area contributed by atoms with Crippen LogP contribution in [0.25, 0.3) is 5.57 Å². The molecule has 0 aliphatic heterocycles. The molecule has 0 spiro atoms. The zero-order chi connectivity index (χ0) is 16.2. The van der Waals surface area contributed by atoms with Crippen LogP contribution in [-0.2, 0) is 25.2 Å². The molecular formula is C20H22OPdSi-3. The topological polar surface area (TPSA) is 17.1 Å². The fourth-order valence-electron chi connectivity index (χ4n) is 1.78. The molecule has 0 aliphatic carbocycles. The van der Waals surface area contributed by atoms with E-state index in [1.165, 1.54) is 6.04 Å². The van der Waals surface area contributed by atoms with E-state index < -0.39 is 0 Å². The van der Waals surface area contributed by atoms with Gasteiger partial charge in [0.1, 0.15) is 0 Å². The Kier molecular flexibility index (Phi) is 12.5. The van der Waals surface area contributed by atoms with Crippen molar-refractivity contribution >= 4 is 20.7 Å². The van der Waals surface area contributed by atoms with Crippen LogP contribution in [0.3, 0.4) is 0 Å². The van der Waals surface area contributed by atoms with Crippen LogP contribution < -0.4 is 0 Å². The Balaban J connectivity index is 0.000000599. The fourth-order valence-corrected chi connectivity index (χ4v) is 2.49. The Labute approximate surface area is 156 Å². The summed E-state index contributed by atoms with van der Waals surface area (Å²) in [7, 11) is 0.0520. The van der Waals surface area contributed by atoms with E-state index in [1.54, 1.807) is 0 Å². The minimum absolute atomic E-state index is 0. The number of hydrogen-bond donors (Lipinski definition) is 0. The summed E-state index contributed by atoms with van der Waals surface area (Å²) >= 11 is 0. The Morgan fingerprint density at radius 1 is 1.00 bits per heavy atom. The maximum Gasteiger partial charge on any atom is 0.0387 e. The van der Waals surface area contributed by atoms with Crippen LogP contribution in [-0.4, -0.2) is 15.1 Å². The van der Waals surface area contributed by atoms with Gasteiger partial charge in [-0.15, -0.1) is 11.8 Å². The third-order valence-electron chi connectivity index (χ3n) is 2.88. The van der Waals surface area contributed by atoms with Gasteiger partial charge in [-0.3, -0.25) is 0 Å². The van der Waals surface area contributed by atoms with E-state index in [1.807, 2.05) is 66.9 Å². The van der Waals surface area contributed by atoms with E-state index in [2.05, 4.69) is 26.1 Å². The van der Waals surface area contributed by atoms with Crippen molar-refractivity contribution in [3.63, 3.8) is 0 Å². The van der Waals surface area contributed by atoms with Gasteiger partial charge >= 0.3 is 0 Å². The zero-order valence-electron chi connectivity index (χ0n) is 13.6. The molecular weight excluding hydrogens is 391 g/mol. The van der Waals surface area contributed by atoms with Gasteiger partial charge in [0.2, 0.25) is 0 Å². The van der Waals surface area contributed by atoms with Crippen molar-refractivity contribution in [3.8, 4) is 0 Å². The Morgan fingerprint density at radius 3 is 1.91 bits per heavy atom. The van der Waals surface area contributed by atoms with Gasteiger partial charge in [-0.1, -0.05) is 67.7 Å². The number of benzene rings is 2. The monoisotopic (exact) mass is 412 g/mol. The number of allylic oxidation sites excluding steroid dienone is 1. The maximum atomic E-state index is 10.9. The molecule has 0 aromatic heterocycles. The molecule has 2 rings (SSSR count). The molecule has 2 aromatic rings. The van der Waals surface area contributed by atoms with E-state index in [0.717, 1.165) is 17.5 Å². The molecule has 1 radical (unpaired) electrons. The molecule has 0 N–H and O–H groups in total. The normalized spacial score (nSPS) is 10.3. The van der Waals surface area contributed by atoms with Crippen LogP contribution in [0.4, 0.5) is 0 Å². The van der Waals surface area contributed by atoms with Gasteiger partial charge in [-0.2, -0.15) is 18.6 Å². The average molecular weight is 413 g/mol. The van der Waals surface area contributed by atoms with Crippen LogP contribution >= 0.6 is 0 Å². The van der Waals surface area contributed by atoms with Gasteiger partial charge in [0.05, 0.1) is 0 Å². The molecule has 0 unspecified atom stereocenters. The zero-order valence-corrected chi connectivity index (χ0v) is 16.2. The third-order valence-corrected chi connectivity index (χ3v) is 4.24. The van der Waals surface area contributed by atoms with Crippen LogP contribution in [0.1, 0.15) is 17.5 Å². The second-order valence-corrected chi connectivity index (χ2v) is 8.06. The molecule has 1 nitrogen and oxygen atoms in total. The predicted octanol–water partition coefficient (Wildman–Crippen LogP) is 4.99. The smallest absolute Gasteiger partial charge is 0.0387 e. The van der Waals surface area contributed by atoms with Crippen molar-refractivity contribution in [2.75, 3.05) is 0 Å². The van der Waals surface area contributed by atoms with Gasteiger partial charge in [-0.05, 0) is 0 Å². The molecule has 0 fully saturated rings. The summed E-state index contributed by atoms with van der Waals surface area (Å²) in [6, 6.07) is 20.4. The second kappa shape index (κ2) is 13.2. The summed E-state index contributed by atoms with van der Waals surface area (Å²) in [5.74, 6) is 0. The summed E-state index contributed by atoms with van der Waals surface area (Å²) in [5, 5.41) is 0. The number of carbonyl (C=O) groups excluding carboxylic acids is 1. The van der Waals surface area contributed by atoms with E-state index in [4.69, 9.17) is 0 Å². The molecule has 2 aromatic carbocycles. The number of rotatable bonds is 5. The van der Waals surface area contributed by atoms with Gasteiger partial charge in [0, 0.05) is 29.2 Å². The Morgan fingerprint density at radius 2 is 1.52 bits per heavy atom. The Bertz CT molecular complexity index is 565. The van der Waals surface area contributed by atoms with E-state index >= 15 is 0 Å². The van der Waals surface area contributed by atoms with E-state index in [0.29, 0.717) is 5.57 Å². The molecule has 0 saturated heterocycles. The van der Waals surface area contributed by atoms with Gasteiger partial charge in [-0.25, -0.2) is 5.56 Å². The molecule has 0 saturated carbocycles. The van der Waals surface area contributed by atoms with Crippen molar-refractivity contribution < 1.29 is 25.2 Å². The van der Waals surface area contributed by atoms with Crippen molar-refractivity contribution in [2.24, 2.45) is 0 Å². The predicted molar refractivity (Wildman–Crippen MR) is 96.6 cm³/mol. The summed E-state index contributed by atoms with van der Waals surface area (Å²) < 4.78 is 0. The molecule has 0 bridgehead atoms. The fraction of sp³-hybridized carbons (Fsp3) is 0.200. The first kappa shape index (κ1) is 21.7. The molecule has 0 heterocycles. The van der Waals surface area contributed by atoms with Crippen LogP contribution in [0, 0.1) is 13.0 Å². The minimum Gasteiger partial charge on any atom is -0.462 e. The van der Waals surface area contributed by atoms with Crippen molar-refractivity contribution in [3.05, 3.63) is 84.8 Å². The molecule has 23 heavy (non-hydrogen) atoms. The van der Waals surface area contributed by atoms with Gasteiger partial charge in [0.15, 0.2) is 0 Å². The van der Waals surface area contributed by atoms with Crippen LogP contribution in [0.2, 0.25) is 19.1 Å². The van der Waals surface area contributed by atoms with Crippen molar-refractivity contribution in [1.29, 1.82) is 0 Å². The SMILES string of the molecule is O=[C-]C(=[C-]c1ccccc1)c1ccccc1.[CH2-]CC[Si](C)C.[Pd]. The summed E-state index contributed by atoms with van der Waals surface area (Å²) in [6.45, 7) is 8.38. The number of hydrogen-bond acceptors (Lipinski definition) is 1. The third kappa shape index (κ3) is 9.46. The minimum atomic E-state index is 0. The standard InChI is InChI=1S/C15H10O.C5H12Si.Pd/c16-12-15(14-9-5-2-6-10-14)11-13-7-3-1-4-8-13;1-4-5-6(2)3;/h1-10H;1,4-5H2,2-3H3;/q-2;-1;. The Hall–Kier alpha value is -1.27. The first-order chi connectivity index (χ1) is 10.7. The molecule has 0 aliphatic rings. The first-order valence-corrected chi connectivity index (χ1v) is 10.1. The van der Waals surface area contributed by atoms with Gasteiger partial charge in [0.25, 0.3) is 0 Å². The quantitative estimate of drug-likeness (QED) is 0.292. The largest absolute Gasteiger partial charge is 0.462 e. The maximum absolute atomic E-state index is 10.9. The van der Waals surface area contributed by atoms with Crippen molar-refractivity contribution in [1.82, 2.24) is 0 Å². The van der Waals surface area contributed by atoms with Crippen LogP contribution in [0.5, 0.6) is 0 Å². The molecule has 3 heteroatoms. The van der Waals surface area contributed by atoms with Crippen LogP contribution in [0.15, 0.2) is 60.7 Å². The molecule has 0 atom stereocenters. The summed E-state index contributed by atoms with van der Waals surface area (Å²) in [4.78, 5) is 10.9. The van der Waals surface area contributed by atoms with E-state index in [9.17, 15) is 4.79 Å². The van der Waals surface area contributed by atoms with Gasteiger partial charge < -0.3 is 23.4 Å². The first-order valence-electron chi connectivity index (χ1n) is 7.38. The second-order valence-electron chi connectivity index (χ2n) is 5.14. The average Bonchev–Trinajstić information content (AvgIpc) is 2.55. The molecule has 125 valence electrons. The summed E-state index contributed by atoms with van der Waals surface area (Å²) in [5.41, 5.74) is 2.16.